The Morgan fingerprint density at radius 3 is 2.75 bits per heavy atom. The van der Waals surface area contributed by atoms with Gasteiger partial charge in [-0.25, -0.2) is 4.99 Å². The monoisotopic (exact) mass is 416 g/mol. The van der Waals surface area contributed by atoms with Crippen molar-refractivity contribution in [3.05, 3.63) is 63.5 Å². The summed E-state index contributed by atoms with van der Waals surface area (Å²) >= 11 is 7.27. The van der Waals surface area contributed by atoms with Gasteiger partial charge in [0.1, 0.15) is 5.75 Å². The van der Waals surface area contributed by atoms with Gasteiger partial charge in [0.15, 0.2) is 5.17 Å². The second kappa shape index (κ2) is 8.95. The fraction of sp³-hybridized carbons (Fsp3) is 0.150. The fourth-order valence-electron chi connectivity index (χ4n) is 2.36. The molecule has 1 amide bonds. The molecule has 2 aromatic carbocycles. The Bertz CT molecular complexity index is 971. The van der Waals surface area contributed by atoms with E-state index in [-0.39, 0.29) is 18.9 Å². The van der Waals surface area contributed by atoms with Crippen molar-refractivity contribution in [2.45, 2.75) is 13.3 Å². The van der Waals surface area contributed by atoms with Gasteiger partial charge in [0.2, 0.25) is 0 Å². The number of hydrogen-bond donors (Lipinski definition) is 2. The highest BCUT2D eigenvalue weighted by Gasteiger charge is 2.24. The van der Waals surface area contributed by atoms with Crippen LogP contribution in [-0.2, 0) is 9.59 Å². The molecule has 0 aromatic heterocycles. The van der Waals surface area contributed by atoms with E-state index in [0.29, 0.717) is 26.5 Å². The summed E-state index contributed by atoms with van der Waals surface area (Å²) in [6, 6.07) is 12.5. The van der Waals surface area contributed by atoms with E-state index in [1.807, 2.05) is 13.0 Å². The van der Waals surface area contributed by atoms with Crippen LogP contribution >= 0.6 is 23.4 Å². The van der Waals surface area contributed by atoms with E-state index in [0.717, 1.165) is 11.1 Å². The first kappa shape index (κ1) is 20.0. The van der Waals surface area contributed by atoms with Crippen LogP contribution in [0.4, 0.5) is 5.69 Å². The molecule has 0 radical (unpaired) electrons. The fourth-order valence-corrected chi connectivity index (χ4v) is 3.36. The normalized spacial score (nSPS) is 16.4. The molecular formula is C20H17ClN2O4S. The smallest absolute Gasteiger partial charge is 0.306 e. The van der Waals surface area contributed by atoms with Gasteiger partial charge in [-0.2, -0.15) is 0 Å². The standard InChI is InChI=1S/C20H17ClN2O4S/c1-12-2-5-14(21)11-16(12)22-20-23-19(26)17(28-20)10-13-3-6-15(7-4-13)27-9-8-18(24)25/h2-7,10-11H,8-9H2,1H3,(H,24,25)(H,22,23,26)/b17-10-. The van der Waals surface area contributed by atoms with Gasteiger partial charge in [-0.15, -0.1) is 0 Å². The predicted octanol–water partition coefficient (Wildman–Crippen LogP) is 4.39. The van der Waals surface area contributed by atoms with Crippen molar-refractivity contribution < 1.29 is 19.4 Å². The first-order valence-electron chi connectivity index (χ1n) is 8.41. The van der Waals surface area contributed by atoms with E-state index in [2.05, 4.69) is 10.3 Å². The average Bonchev–Trinajstić information content (AvgIpc) is 2.98. The number of halogens is 1. The summed E-state index contributed by atoms with van der Waals surface area (Å²) in [4.78, 5) is 27.7. The number of amidine groups is 1. The molecule has 0 unspecified atom stereocenters. The van der Waals surface area contributed by atoms with Crippen LogP contribution in [0.2, 0.25) is 5.02 Å². The third-order valence-corrected chi connectivity index (χ3v) is 4.95. The lowest BCUT2D eigenvalue weighted by molar-refractivity contribution is -0.137. The van der Waals surface area contributed by atoms with Gasteiger partial charge in [-0.05, 0) is 60.2 Å². The van der Waals surface area contributed by atoms with Crippen molar-refractivity contribution in [3.63, 3.8) is 0 Å². The van der Waals surface area contributed by atoms with Gasteiger partial charge >= 0.3 is 5.97 Å². The summed E-state index contributed by atoms with van der Waals surface area (Å²) < 4.78 is 5.35. The van der Waals surface area contributed by atoms with Crippen LogP contribution in [0.1, 0.15) is 17.5 Å². The zero-order chi connectivity index (χ0) is 20.1. The Morgan fingerprint density at radius 1 is 1.29 bits per heavy atom. The summed E-state index contributed by atoms with van der Waals surface area (Å²) in [7, 11) is 0. The molecule has 28 heavy (non-hydrogen) atoms. The van der Waals surface area contributed by atoms with E-state index < -0.39 is 5.97 Å². The maximum absolute atomic E-state index is 12.2. The van der Waals surface area contributed by atoms with Gasteiger partial charge in [0.05, 0.1) is 23.6 Å². The Labute approximate surface area is 171 Å². The number of thioether (sulfide) groups is 1. The Kier molecular flexibility index (Phi) is 6.38. The van der Waals surface area contributed by atoms with Gasteiger partial charge in [-0.3, -0.25) is 9.59 Å². The molecule has 144 valence electrons. The van der Waals surface area contributed by atoms with Crippen molar-refractivity contribution in [1.82, 2.24) is 5.32 Å². The number of benzene rings is 2. The van der Waals surface area contributed by atoms with E-state index in [4.69, 9.17) is 21.4 Å². The number of rotatable bonds is 6. The van der Waals surface area contributed by atoms with Crippen molar-refractivity contribution in [2.75, 3.05) is 6.61 Å². The van der Waals surface area contributed by atoms with Gasteiger partial charge in [0.25, 0.3) is 5.91 Å². The van der Waals surface area contributed by atoms with Gasteiger partial charge in [0, 0.05) is 5.02 Å². The lowest BCUT2D eigenvalue weighted by Crippen LogP contribution is -2.19. The molecule has 0 aliphatic carbocycles. The Balaban J connectivity index is 1.69. The van der Waals surface area contributed by atoms with Crippen molar-refractivity contribution in [1.29, 1.82) is 0 Å². The first-order chi connectivity index (χ1) is 13.4. The topological polar surface area (TPSA) is 88.0 Å². The molecule has 1 fully saturated rings. The van der Waals surface area contributed by atoms with Crippen LogP contribution in [0.5, 0.6) is 5.75 Å². The second-order valence-electron chi connectivity index (χ2n) is 5.97. The average molecular weight is 417 g/mol. The van der Waals surface area contributed by atoms with Crippen LogP contribution in [0.25, 0.3) is 6.08 Å². The van der Waals surface area contributed by atoms with Crippen LogP contribution in [0, 0.1) is 6.92 Å². The molecule has 1 heterocycles. The van der Waals surface area contributed by atoms with Crippen LogP contribution in [0.3, 0.4) is 0 Å². The Morgan fingerprint density at radius 2 is 2.04 bits per heavy atom. The lowest BCUT2D eigenvalue weighted by atomic mass is 10.2. The predicted molar refractivity (Wildman–Crippen MR) is 111 cm³/mol. The zero-order valence-corrected chi connectivity index (χ0v) is 16.5. The van der Waals surface area contributed by atoms with Crippen molar-refractivity contribution in [2.24, 2.45) is 4.99 Å². The number of nitrogens with one attached hydrogen (secondary N) is 1. The minimum absolute atomic E-state index is 0.0587. The number of nitrogens with zero attached hydrogens (tertiary/aromatic N) is 1. The number of carbonyl (C=O) groups excluding carboxylic acids is 1. The molecule has 6 nitrogen and oxygen atoms in total. The number of hydrogen-bond acceptors (Lipinski definition) is 5. The van der Waals surface area contributed by atoms with Gasteiger partial charge < -0.3 is 15.2 Å². The van der Waals surface area contributed by atoms with E-state index in [1.165, 1.54) is 11.8 Å². The summed E-state index contributed by atoms with van der Waals surface area (Å²) in [6.07, 6.45) is 1.70. The zero-order valence-electron chi connectivity index (χ0n) is 14.9. The van der Waals surface area contributed by atoms with E-state index >= 15 is 0 Å². The highest BCUT2D eigenvalue weighted by Crippen LogP contribution is 2.30. The molecule has 1 saturated heterocycles. The summed E-state index contributed by atoms with van der Waals surface area (Å²) in [5.41, 5.74) is 2.49. The third-order valence-electron chi connectivity index (χ3n) is 3.81. The summed E-state index contributed by atoms with van der Waals surface area (Å²) in [6.45, 7) is 2.03. The summed E-state index contributed by atoms with van der Waals surface area (Å²) in [5.74, 6) is -0.549. The molecule has 2 N–H and O–H groups in total. The molecule has 2 aromatic rings. The molecule has 0 spiro atoms. The van der Waals surface area contributed by atoms with Crippen molar-refractivity contribution in [3.8, 4) is 5.75 Å². The van der Waals surface area contributed by atoms with Crippen LogP contribution < -0.4 is 10.1 Å². The minimum Gasteiger partial charge on any atom is -0.493 e. The maximum atomic E-state index is 12.2. The largest absolute Gasteiger partial charge is 0.493 e. The third kappa shape index (κ3) is 5.37. The molecule has 8 heteroatoms. The molecule has 0 atom stereocenters. The van der Waals surface area contributed by atoms with Gasteiger partial charge in [-0.1, -0.05) is 29.8 Å². The van der Waals surface area contributed by atoms with Crippen LogP contribution in [0.15, 0.2) is 52.4 Å². The summed E-state index contributed by atoms with van der Waals surface area (Å²) in [5, 5.41) is 12.5. The van der Waals surface area contributed by atoms with E-state index in [1.54, 1.807) is 42.5 Å². The van der Waals surface area contributed by atoms with Crippen molar-refractivity contribution >= 4 is 52.2 Å². The number of carboxylic acids is 1. The lowest BCUT2D eigenvalue weighted by Gasteiger charge is -2.04. The SMILES string of the molecule is Cc1ccc(Cl)cc1N=C1NC(=O)/C(=C/c2ccc(OCCC(=O)O)cc2)S1. The second-order valence-corrected chi connectivity index (χ2v) is 7.44. The Hall–Kier alpha value is -2.77. The minimum atomic E-state index is -0.906. The first-order valence-corrected chi connectivity index (χ1v) is 9.60. The molecular weight excluding hydrogens is 400 g/mol. The number of aryl methyl sites for hydroxylation is 1. The quantitative estimate of drug-likeness (QED) is 0.681. The number of aliphatic imine (C=N–C) groups is 1. The number of aliphatic carboxylic acids is 1. The molecule has 0 bridgehead atoms. The number of carboxylic acid groups (broad SMARTS) is 1. The number of carbonyl (C=O) groups is 2. The molecule has 1 aliphatic heterocycles. The molecule has 0 saturated carbocycles. The highest BCUT2D eigenvalue weighted by atomic mass is 35.5. The number of ether oxygens (including phenoxy) is 1. The number of amides is 1. The van der Waals surface area contributed by atoms with E-state index in [9.17, 15) is 9.59 Å². The highest BCUT2D eigenvalue weighted by molar-refractivity contribution is 8.18. The maximum Gasteiger partial charge on any atom is 0.306 e. The molecule has 3 rings (SSSR count). The van der Waals surface area contributed by atoms with Crippen LogP contribution in [-0.4, -0.2) is 28.8 Å². The molecule has 1 aliphatic rings.